The van der Waals surface area contributed by atoms with Crippen LogP contribution in [0.25, 0.3) is 0 Å². The molecular weight excluding hydrogens is 228 g/mol. The van der Waals surface area contributed by atoms with E-state index in [1.54, 1.807) is 11.7 Å². The first kappa shape index (κ1) is 12.2. The number of amides is 1. The van der Waals surface area contributed by atoms with E-state index in [2.05, 4.69) is 10.4 Å². The monoisotopic (exact) mass is 244 g/mol. The highest BCUT2D eigenvalue weighted by Crippen LogP contribution is 2.20. The van der Waals surface area contributed by atoms with E-state index in [1.165, 1.54) is 0 Å². The summed E-state index contributed by atoms with van der Waals surface area (Å²) >= 11 is 0. The van der Waals surface area contributed by atoms with Gasteiger partial charge in [0.05, 0.1) is 17.8 Å². The van der Waals surface area contributed by atoms with E-state index in [9.17, 15) is 4.79 Å². The second kappa shape index (κ2) is 4.91. The number of benzene rings is 1. The minimum absolute atomic E-state index is 0.101. The fraction of sp³-hybridized carbons (Fsp3) is 0.231. The van der Waals surface area contributed by atoms with Gasteiger partial charge in [-0.3, -0.25) is 9.48 Å². The zero-order chi connectivity index (χ0) is 13.1. The second-order valence-corrected chi connectivity index (χ2v) is 4.18. The van der Waals surface area contributed by atoms with E-state index in [0.717, 1.165) is 5.56 Å². The predicted molar refractivity (Wildman–Crippen MR) is 71.1 cm³/mol. The van der Waals surface area contributed by atoms with Crippen LogP contribution in [-0.4, -0.2) is 15.7 Å². The SMILES string of the molecule is Cc1nn(C)c(NC(=O)Cc2ccccc2)c1N. The zero-order valence-electron chi connectivity index (χ0n) is 10.5. The highest BCUT2D eigenvalue weighted by Gasteiger charge is 2.12. The van der Waals surface area contributed by atoms with Crippen molar-refractivity contribution in [1.29, 1.82) is 0 Å². The van der Waals surface area contributed by atoms with Crippen LogP contribution in [0.3, 0.4) is 0 Å². The molecule has 1 aromatic heterocycles. The van der Waals surface area contributed by atoms with Crippen molar-refractivity contribution < 1.29 is 4.79 Å². The fourth-order valence-corrected chi connectivity index (χ4v) is 1.78. The van der Waals surface area contributed by atoms with Crippen LogP contribution in [0.2, 0.25) is 0 Å². The number of anilines is 2. The van der Waals surface area contributed by atoms with Crippen LogP contribution in [-0.2, 0) is 18.3 Å². The van der Waals surface area contributed by atoms with Gasteiger partial charge in [-0.15, -0.1) is 0 Å². The number of nitrogens with one attached hydrogen (secondary N) is 1. The van der Waals surface area contributed by atoms with E-state index in [0.29, 0.717) is 23.6 Å². The molecule has 0 aliphatic heterocycles. The van der Waals surface area contributed by atoms with Gasteiger partial charge in [0.1, 0.15) is 0 Å². The van der Waals surface area contributed by atoms with Crippen molar-refractivity contribution in [1.82, 2.24) is 9.78 Å². The average molecular weight is 244 g/mol. The lowest BCUT2D eigenvalue weighted by Gasteiger charge is -2.06. The van der Waals surface area contributed by atoms with Gasteiger partial charge in [-0.1, -0.05) is 30.3 Å². The Hall–Kier alpha value is -2.30. The third kappa shape index (κ3) is 2.51. The number of hydrogen-bond acceptors (Lipinski definition) is 3. The van der Waals surface area contributed by atoms with Gasteiger partial charge in [-0.2, -0.15) is 5.10 Å². The molecule has 0 radical (unpaired) electrons. The molecule has 0 fully saturated rings. The van der Waals surface area contributed by atoms with Gasteiger partial charge >= 0.3 is 0 Å². The van der Waals surface area contributed by atoms with Crippen LogP contribution in [0.15, 0.2) is 30.3 Å². The standard InChI is InChI=1S/C13H16N4O/c1-9-12(14)13(17(2)16-9)15-11(18)8-10-6-4-3-5-7-10/h3-7H,8,14H2,1-2H3,(H,15,18). The molecule has 18 heavy (non-hydrogen) atoms. The largest absolute Gasteiger partial charge is 0.394 e. The number of aryl methyl sites for hydroxylation is 2. The summed E-state index contributed by atoms with van der Waals surface area (Å²) in [7, 11) is 1.75. The van der Waals surface area contributed by atoms with Crippen molar-refractivity contribution in [2.24, 2.45) is 7.05 Å². The minimum Gasteiger partial charge on any atom is -0.394 e. The lowest BCUT2D eigenvalue weighted by atomic mass is 10.1. The summed E-state index contributed by atoms with van der Waals surface area (Å²) in [6, 6.07) is 9.56. The maximum absolute atomic E-state index is 11.9. The molecule has 0 aliphatic carbocycles. The maximum atomic E-state index is 11.9. The number of carbonyl (C=O) groups is 1. The summed E-state index contributed by atoms with van der Waals surface area (Å²) in [6.07, 6.45) is 0.324. The van der Waals surface area contributed by atoms with E-state index in [-0.39, 0.29) is 5.91 Å². The van der Waals surface area contributed by atoms with Gasteiger partial charge in [0.15, 0.2) is 5.82 Å². The first-order chi connectivity index (χ1) is 8.58. The Morgan fingerprint density at radius 2 is 2.06 bits per heavy atom. The van der Waals surface area contributed by atoms with E-state index < -0.39 is 0 Å². The Balaban J connectivity index is 2.08. The van der Waals surface area contributed by atoms with E-state index in [1.807, 2.05) is 37.3 Å². The molecule has 0 saturated heterocycles. The molecule has 94 valence electrons. The summed E-state index contributed by atoms with van der Waals surface area (Å²) < 4.78 is 1.58. The van der Waals surface area contributed by atoms with E-state index in [4.69, 9.17) is 5.73 Å². The van der Waals surface area contributed by atoms with Crippen LogP contribution >= 0.6 is 0 Å². The molecule has 1 amide bonds. The van der Waals surface area contributed by atoms with E-state index >= 15 is 0 Å². The molecule has 0 spiro atoms. The summed E-state index contributed by atoms with van der Waals surface area (Å²) in [6.45, 7) is 1.81. The number of nitrogen functional groups attached to an aromatic ring is 1. The van der Waals surface area contributed by atoms with Crippen molar-refractivity contribution in [2.45, 2.75) is 13.3 Å². The molecule has 5 heteroatoms. The second-order valence-electron chi connectivity index (χ2n) is 4.18. The molecule has 1 heterocycles. The van der Waals surface area contributed by atoms with Crippen LogP contribution in [0, 0.1) is 6.92 Å². The summed E-state index contributed by atoms with van der Waals surface area (Å²) in [4.78, 5) is 11.9. The molecule has 2 rings (SSSR count). The minimum atomic E-state index is -0.101. The topological polar surface area (TPSA) is 72.9 Å². The number of rotatable bonds is 3. The highest BCUT2D eigenvalue weighted by molar-refractivity contribution is 5.94. The zero-order valence-corrected chi connectivity index (χ0v) is 10.5. The van der Waals surface area contributed by atoms with Crippen LogP contribution < -0.4 is 11.1 Å². The summed E-state index contributed by atoms with van der Waals surface area (Å²) in [5, 5.41) is 6.93. The third-order valence-electron chi connectivity index (χ3n) is 2.73. The molecule has 1 aromatic carbocycles. The van der Waals surface area contributed by atoms with Crippen molar-refractivity contribution in [3.63, 3.8) is 0 Å². The molecule has 2 aromatic rings. The lowest BCUT2D eigenvalue weighted by Crippen LogP contribution is -2.17. The molecule has 0 aliphatic rings. The average Bonchev–Trinajstić information content (AvgIpc) is 2.57. The molecule has 0 bridgehead atoms. The van der Waals surface area contributed by atoms with Crippen LogP contribution in [0.5, 0.6) is 0 Å². The Morgan fingerprint density at radius 3 is 2.61 bits per heavy atom. The Kier molecular flexibility index (Phi) is 3.32. The van der Waals surface area contributed by atoms with Crippen molar-refractivity contribution in [3.05, 3.63) is 41.6 Å². The summed E-state index contributed by atoms with van der Waals surface area (Å²) in [5.41, 5.74) is 8.04. The fourth-order valence-electron chi connectivity index (χ4n) is 1.78. The number of nitrogens with two attached hydrogens (primary N) is 1. The Labute approximate surface area is 106 Å². The van der Waals surface area contributed by atoms with Crippen molar-refractivity contribution in [2.75, 3.05) is 11.1 Å². The lowest BCUT2D eigenvalue weighted by molar-refractivity contribution is -0.115. The summed E-state index contributed by atoms with van der Waals surface area (Å²) in [5.74, 6) is 0.448. The van der Waals surface area contributed by atoms with Crippen LogP contribution in [0.1, 0.15) is 11.3 Å². The third-order valence-corrected chi connectivity index (χ3v) is 2.73. The molecular formula is C13H16N4O. The van der Waals surface area contributed by atoms with Gasteiger partial charge in [0, 0.05) is 7.05 Å². The van der Waals surface area contributed by atoms with Crippen molar-refractivity contribution in [3.8, 4) is 0 Å². The molecule has 5 nitrogen and oxygen atoms in total. The van der Waals surface area contributed by atoms with Gasteiger partial charge in [-0.05, 0) is 12.5 Å². The normalized spacial score (nSPS) is 10.3. The maximum Gasteiger partial charge on any atom is 0.229 e. The van der Waals surface area contributed by atoms with Gasteiger partial charge in [0.2, 0.25) is 5.91 Å². The molecule has 0 unspecified atom stereocenters. The highest BCUT2D eigenvalue weighted by atomic mass is 16.1. The molecule has 0 atom stereocenters. The van der Waals surface area contributed by atoms with Gasteiger partial charge in [0.25, 0.3) is 0 Å². The number of nitrogens with zero attached hydrogens (tertiary/aromatic N) is 2. The Morgan fingerprint density at radius 1 is 1.39 bits per heavy atom. The number of hydrogen-bond donors (Lipinski definition) is 2. The molecule has 0 saturated carbocycles. The number of aromatic nitrogens is 2. The quantitative estimate of drug-likeness (QED) is 0.859. The smallest absolute Gasteiger partial charge is 0.229 e. The van der Waals surface area contributed by atoms with Crippen molar-refractivity contribution >= 4 is 17.4 Å². The molecule has 3 N–H and O–H groups in total. The van der Waals surface area contributed by atoms with Gasteiger partial charge < -0.3 is 11.1 Å². The Bertz CT molecular complexity index is 560. The predicted octanol–water partition coefficient (Wildman–Crippen LogP) is 1.49. The first-order valence-electron chi connectivity index (χ1n) is 5.71. The first-order valence-corrected chi connectivity index (χ1v) is 5.71. The van der Waals surface area contributed by atoms with Gasteiger partial charge in [-0.25, -0.2) is 0 Å². The van der Waals surface area contributed by atoms with Crippen LogP contribution in [0.4, 0.5) is 11.5 Å². The number of carbonyl (C=O) groups excluding carboxylic acids is 1.